The maximum absolute atomic E-state index is 13.2. The van der Waals surface area contributed by atoms with Crippen molar-refractivity contribution in [1.82, 2.24) is 15.0 Å². The molecule has 1 aromatic heterocycles. The standard InChI is InChI=1S/C23H27N5O6S.C5H13N/c1-13-7-8-14(9-19(13)28-12-18(22(30)31)25-27-28)21(29)24-16-10-15(23(2,3)4)11-17(20(16)34-5)26-35(6,32)33;1-5(2,3)4-6/h7-12,26H,1-6H3,(H,24,29)(H,30,31);4,6H2,1-3H3. The molecule has 0 aliphatic carbocycles. The molecule has 0 spiro atoms. The zero-order chi connectivity index (χ0) is 31.3. The van der Waals surface area contributed by atoms with Crippen LogP contribution in [0.1, 0.15) is 73.5 Å². The highest BCUT2D eigenvalue weighted by Crippen LogP contribution is 2.39. The number of anilines is 2. The van der Waals surface area contributed by atoms with E-state index in [0.717, 1.165) is 23.9 Å². The first-order chi connectivity index (χ1) is 18.8. The van der Waals surface area contributed by atoms with E-state index < -0.39 is 21.9 Å². The fourth-order valence-electron chi connectivity index (χ4n) is 3.32. The molecule has 0 radical (unpaired) electrons. The van der Waals surface area contributed by atoms with E-state index in [-0.39, 0.29) is 33.8 Å². The molecule has 5 N–H and O–H groups in total. The fraction of sp³-hybridized carbons (Fsp3) is 0.429. The van der Waals surface area contributed by atoms with Crippen LogP contribution >= 0.6 is 0 Å². The zero-order valence-corrected chi connectivity index (χ0v) is 25.8. The first-order valence-corrected chi connectivity index (χ1v) is 14.6. The van der Waals surface area contributed by atoms with Crippen LogP contribution in [0.25, 0.3) is 5.69 Å². The van der Waals surface area contributed by atoms with Crippen molar-refractivity contribution in [1.29, 1.82) is 0 Å². The number of carboxylic acid groups (broad SMARTS) is 1. The third kappa shape index (κ3) is 9.57. The third-order valence-corrected chi connectivity index (χ3v) is 6.34. The molecule has 0 aliphatic heterocycles. The topological polar surface area (TPSA) is 179 Å². The SMILES string of the molecule is CC(C)(C)CN.COc1c(NC(=O)c2ccc(C)c(-n3cc(C(=O)O)nn3)c2)cc(C(C)(C)C)cc1NS(C)(=O)=O. The molecule has 3 aromatic rings. The molecule has 0 atom stereocenters. The number of nitrogens with two attached hydrogens (primary N) is 1. The molecule has 1 heterocycles. The third-order valence-electron chi connectivity index (χ3n) is 5.75. The number of sulfonamides is 1. The summed E-state index contributed by atoms with van der Waals surface area (Å²) in [5.74, 6) is -1.54. The molecule has 0 saturated carbocycles. The summed E-state index contributed by atoms with van der Waals surface area (Å²) in [5.41, 5.74) is 7.79. The molecule has 224 valence electrons. The summed E-state index contributed by atoms with van der Waals surface area (Å²) in [4.78, 5) is 24.4. The van der Waals surface area contributed by atoms with Crippen LogP contribution in [0.5, 0.6) is 5.75 Å². The van der Waals surface area contributed by atoms with Gasteiger partial charge in [-0.1, -0.05) is 52.8 Å². The van der Waals surface area contributed by atoms with Gasteiger partial charge in [0, 0.05) is 5.56 Å². The normalized spacial score (nSPS) is 11.8. The number of aryl methyl sites for hydroxylation is 1. The van der Waals surface area contributed by atoms with Crippen molar-refractivity contribution < 1.29 is 27.9 Å². The second-order valence-corrected chi connectivity index (χ2v) is 13.6. The highest BCUT2D eigenvalue weighted by molar-refractivity contribution is 7.92. The lowest BCUT2D eigenvalue weighted by molar-refractivity contribution is 0.0690. The van der Waals surface area contributed by atoms with Crippen LogP contribution in [-0.4, -0.2) is 60.3 Å². The summed E-state index contributed by atoms with van der Waals surface area (Å²) in [6.07, 6.45) is 2.29. The maximum atomic E-state index is 13.2. The van der Waals surface area contributed by atoms with Crippen LogP contribution in [0.15, 0.2) is 36.5 Å². The molecular formula is C28H40N6O6S. The predicted molar refractivity (Wildman–Crippen MR) is 160 cm³/mol. The molecular weight excluding hydrogens is 548 g/mol. The number of hydrogen-bond donors (Lipinski definition) is 4. The number of ether oxygens (including phenoxy) is 1. The zero-order valence-electron chi connectivity index (χ0n) is 25.0. The smallest absolute Gasteiger partial charge is 0.358 e. The number of methoxy groups -OCH3 is 1. The van der Waals surface area contributed by atoms with Crippen LogP contribution in [0.2, 0.25) is 0 Å². The van der Waals surface area contributed by atoms with E-state index in [9.17, 15) is 18.0 Å². The number of hydrogen-bond acceptors (Lipinski definition) is 8. The van der Waals surface area contributed by atoms with Gasteiger partial charge in [0.15, 0.2) is 11.4 Å². The Bertz CT molecular complexity index is 1520. The number of aromatic nitrogens is 3. The molecule has 41 heavy (non-hydrogen) atoms. The van der Waals surface area contributed by atoms with Gasteiger partial charge in [-0.3, -0.25) is 9.52 Å². The van der Waals surface area contributed by atoms with E-state index in [1.54, 1.807) is 37.3 Å². The minimum absolute atomic E-state index is 0.159. The molecule has 1 amide bonds. The van der Waals surface area contributed by atoms with Gasteiger partial charge >= 0.3 is 5.97 Å². The van der Waals surface area contributed by atoms with Crippen LogP contribution in [0.3, 0.4) is 0 Å². The number of aromatic carboxylic acids is 1. The Morgan fingerprint density at radius 2 is 1.66 bits per heavy atom. The van der Waals surface area contributed by atoms with Gasteiger partial charge in [0.25, 0.3) is 5.91 Å². The lowest BCUT2D eigenvalue weighted by Crippen LogP contribution is -2.18. The van der Waals surface area contributed by atoms with Gasteiger partial charge in [-0.15, -0.1) is 5.10 Å². The van der Waals surface area contributed by atoms with E-state index >= 15 is 0 Å². The molecule has 13 heteroatoms. The monoisotopic (exact) mass is 588 g/mol. The van der Waals surface area contributed by atoms with Crippen molar-refractivity contribution in [2.45, 2.75) is 53.9 Å². The quantitative estimate of drug-likeness (QED) is 0.315. The molecule has 0 unspecified atom stereocenters. The Morgan fingerprint density at radius 1 is 1.07 bits per heavy atom. The summed E-state index contributed by atoms with van der Waals surface area (Å²) in [6.45, 7) is 14.8. The minimum Gasteiger partial charge on any atom is -0.492 e. The highest BCUT2D eigenvalue weighted by Gasteiger charge is 2.23. The summed E-state index contributed by atoms with van der Waals surface area (Å²) in [7, 11) is -2.24. The van der Waals surface area contributed by atoms with E-state index in [0.29, 0.717) is 11.1 Å². The molecule has 12 nitrogen and oxygen atoms in total. The number of carbonyl (C=O) groups is 2. The highest BCUT2D eigenvalue weighted by atomic mass is 32.2. The molecule has 0 aliphatic rings. The first-order valence-electron chi connectivity index (χ1n) is 12.7. The number of rotatable bonds is 7. The van der Waals surface area contributed by atoms with E-state index in [4.69, 9.17) is 15.6 Å². The van der Waals surface area contributed by atoms with Gasteiger partial charge in [-0.2, -0.15) is 0 Å². The van der Waals surface area contributed by atoms with Gasteiger partial charge in [0.1, 0.15) is 0 Å². The van der Waals surface area contributed by atoms with Crippen molar-refractivity contribution in [3.05, 3.63) is 58.9 Å². The molecule has 3 rings (SSSR count). The minimum atomic E-state index is -3.61. The second-order valence-electron chi connectivity index (χ2n) is 11.8. The van der Waals surface area contributed by atoms with E-state index in [2.05, 4.69) is 41.1 Å². The van der Waals surface area contributed by atoms with E-state index in [1.165, 1.54) is 18.0 Å². The van der Waals surface area contributed by atoms with Gasteiger partial charge in [-0.05, 0) is 59.7 Å². The van der Waals surface area contributed by atoms with Crippen molar-refractivity contribution in [2.75, 3.05) is 29.9 Å². The lowest BCUT2D eigenvalue weighted by Gasteiger charge is -2.24. The number of nitrogens with zero attached hydrogens (tertiary/aromatic N) is 3. The van der Waals surface area contributed by atoms with Gasteiger partial charge in [0.05, 0.1) is 36.6 Å². The van der Waals surface area contributed by atoms with Crippen molar-refractivity contribution in [3.63, 3.8) is 0 Å². The Balaban J connectivity index is 0.000000883. The summed E-state index contributed by atoms with van der Waals surface area (Å²) < 4.78 is 33.0. The largest absolute Gasteiger partial charge is 0.492 e. The molecule has 0 bridgehead atoms. The summed E-state index contributed by atoms with van der Waals surface area (Å²) >= 11 is 0. The second kappa shape index (κ2) is 12.7. The average Bonchev–Trinajstić information content (AvgIpc) is 3.33. The van der Waals surface area contributed by atoms with Crippen molar-refractivity contribution >= 4 is 33.3 Å². The Labute approximate surface area is 241 Å². The Kier molecular flexibility index (Phi) is 10.3. The van der Waals surface area contributed by atoms with Crippen LogP contribution in [-0.2, 0) is 15.4 Å². The van der Waals surface area contributed by atoms with Gasteiger partial charge in [0.2, 0.25) is 10.0 Å². The first kappa shape index (κ1) is 33.2. The number of benzene rings is 2. The van der Waals surface area contributed by atoms with Crippen LogP contribution in [0.4, 0.5) is 11.4 Å². The summed E-state index contributed by atoms with van der Waals surface area (Å²) in [5, 5.41) is 19.4. The van der Waals surface area contributed by atoms with Crippen LogP contribution in [0, 0.1) is 12.3 Å². The predicted octanol–water partition coefficient (Wildman–Crippen LogP) is 4.20. The molecule has 2 aromatic carbocycles. The fourth-order valence-corrected chi connectivity index (χ4v) is 3.87. The van der Waals surface area contributed by atoms with Crippen molar-refractivity contribution in [2.24, 2.45) is 11.1 Å². The molecule has 0 saturated heterocycles. The maximum Gasteiger partial charge on any atom is 0.358 e. The van der Waals surface area contributed by atoms with Crippen molar-refractivity contribution in [3.8, 4) is 11.4 Å². The number of nitrogens with one attached hydrogen (secondary N) is 2. The Morgan fingerprint density at radius 3 is 2.12 bits per heavy atom. The van der Waals surface area contributed by atoms with E-state index in [1.807, 2.05) is 20.8 Å². The van der Waals surface area contributed by atoms with Crippen LogP contribution < -0.4 is 20.5 Å². The lowest BCUT2D eigenvalue weighted by atomic mass is 9.86. The number of amides is 1. The van der Waals surface area contributed by atoms with Gasteiger partial charge < -0.3 is 20.9 Å². The summed E-state index contributed by atoms with van der Waals surface area (Å²) in [6, 6.07) is 8.27. The average molecular weight is 589 g/mol. The number of carbonyl (C=O) groups excluding carboxylic acids is 1. The number of carboxylic acids is 1. The van der Waals surface area contributed by atoms with Gasteiger partial charge in [-0.25, -0.2) is 17.9 Å². The molecule has 0 fully saturated rings. The Hall–Kier alpha value is -3.97.